The maximum atomic E-state index is 12.4. The van der Waals surface area contributed by atoms with Crippen molar-refractivity contribution in [1.82, 2.24) is 9.88 Å². The number of rotatable bonds is 4. The number of hydrogen-bond acceptors (Lipinski definition) is 4. The lowest BCUT2D eigenvalue weighted by atomic mass is 9.96. The van der Waals surface area contributed by atoms with Gasteiger partial charge in [0.25, 0.3) is 5.91 Å². The first-order valence-electron chi connectivity index (χ1n) is 9.35. The molecule has 1 aromatic carbocycles. The summed E-state index contributed by atoms with van der Waals surface area (Å²) in [6.45, 7) is 2.36. The van der Waals surface area contributed by atoms with Gasteiger partial charge in [0.1, 0.15) is 5.69 Å². The molecular weight excluding hydrogens is 330 g/mol. The number of piperidine rings is 1. The molecule has 132 valence electrons. The van der Waals surface area contributed by atoms with E-state index >= 15 is 0 Å². The number of nitrogens with one attached hydrogen (secondary N) is 1. The van der Waals surface area contributed by atoms with Crippen molar-refractivity contribution in [3.63, 3.8) is 0 Å². The molecule has 2 aromatic rings. The van der Waals surface area contributed by atoms with Crippen molar-refractivity contribution in [3.8, 4) is 0 Å². The zero-order valence-corrected chi connectivity index (χ0v) is 15.3. The lowest BCUT2D eigenvalue weighted by molar-refractivity contribution is 0.102. The molecule has 1 saturated heterocycles. The molecule has 1 aromatic heterocycles. The molecule has 5 heteroatoms. The Labute approximate surface area is 153 Å². The second-order valence-electron chi connectivity index (χ2n) is 7.14. The quantitative estimate of drug-likeness (QED) is 0.877. The molecule has 2 heterocycles. The van der Waals surface area contributed by atoms with E-state index in [0.29, 0.717) is 11.6 Å². The fourth-order valence-corrected chi connectivity index (χ4v) is 5.05. The van der Waals surface area contributed by atoms with E-state index in [-0.39, 0.29) is 5.91 Å². The van der Waals surface area contributed by atoms with Crippen LogP contribution in [0.3, 0.4) is 0 Å². The maximum Gasteiger partial charge on any atom is 0.275 e. The molecule has 0 radical (unpaired) electrons. The summed E-state index contributed by atoms with van der Waals surface area (Å²) in [5, 5.41) is 5.94. The minimum atomic E-state index is -0.114. The summed E-state index contributed by atoms with van der Waals surface area (Å²) in [6, 6.07) is 10.4. The smallest absolute Gasteiger partial charge is 0.275 e. The minimum absolute atomic E-state index is 0.114. The zero-order chi connectivity index (χ0) is 17.1. The number of thiazole rings is 1. The van der Waals surface area contributed by atoms with E-state index in [2.05, 4.69) is 15.2 Å². The van der Waals surface area contributed by atoms with Crippen LogP contribution < -0.4 is 5.32 Å². The van der Waals surface area contributed by atoms with E-state index in [1.165, 1.54) is 51.6 Å². The van der Waals surface area contributed by atoms with Gasteiger partial charge in [-0.3, -0.25) is 4.79 Å². The molecule has 0 spiro atoms. The summed E-state index contributed by atoms with van der Waals surface area (Å²) in [5.74, 6) is 0.401. The van der Waals surface area contributed by atoms with Crippen LogP contribution in [0.5, 0.6) is 0 Å². The molecule has 0 unspecified atom stereocenters. The summed E-state index contributed by atoms with van der Waals surface area (Å²) in [4.78, 5) is 19.7. The molecule has 1 saturated carbocycles. The highest BCUT2D eigenvalue weighted by Gasteiger charge is 2.29. The first-order chi connectivity index (χ1) is 12.3. The van der Waals surface area contributed by atoms with Crippen molar-refractivity contribution in [2.75, 3.05) is 18.4 Å². The highest BCUT2D eigenvalue weighted by Crippen LogP contribution is 2.33. The summed E-state index contributed by atoms with van der Waals surface area (Å²) in [7, 11) is 0. The van der Waals surface area contributed by atoms with Gasteiger partial charge in [-0.15, -0.1) is 11.3 Å². The molecule has 1 aliphatic carbocycles. The van der Waals surface area contributed by atoms with Gasteiger partial charge in [-0.1, -0.05) is 31.0 Å². The maximum absolute atomic E-state index is 12.4. The molecule has 25 heavy (non-hydrogen) atoms. The Balaban J connectivity index is 1.34. The van der Waals surface area contributed by atoms with Gasteiger partial charge in [-0.2, -0.15) is 0 Å². The van der Waals surface area contributed by atoms with E-state index in [4.69, 9.17) is 0 Å². The SMILES string of the molecule is O=C(Nc1ccccc1)c1csc(C2CCN(C3CCCC3)CC2)n1. The van der Waals surface area contributed by atoms with Crippen LogP contribution in [-0.2, 0) is 0 Å². The Bertz CT molecular complexity index is 701. The molecule has 1 N–H and O–H groups in total. The summed E-state index contributed by atoms with van der Waals surface area (Å²) in [5.41, 5.74) is 1.36. The molecule has 0 atom stereocenters. The highest BCUT2D eigenvalue weighted by atomic mass is 32.1. The molecule has 1 aliphatic heterocycles. The number of likely N-dealkylation sites (tertiary alicyclic amines) is 1. The topological polar surface area (TPSA) is 45.2 Å². The molecule has 4 nitrogen and oxygen atoms in total. The van der Waals surface area contributed by atoms with Crippen LogP contribution in [0, 0.1) is 0 Å². The van der Waals surface area contributed by atoms with E-state index in [1.54, 1.807) is 11.3 Å². The van der Waals surface area contributed by atoms with Crippen LogP contribution in [0.4, 0.5) is 5.69 Å². The number of benzene rings is 1. The van der Waals surface area contributed by atoms with Gasteiger partial charge in [0.05, 0.1) is 5.01 Å². The summed E-state index contributed by atoms with van der Waals surface area (Å²) >= 11 is 1.64. The number of anilines is 1. The fourth-order valence-electron chi connectivity index (χ4n) is 4.08. The number of para-hydroxylation sites is 1. The number of amides is 1. The number of carbonyl (C=O) groups excluding carboxylic acids is 1. The predicted octanol–water partition coefficient (Wildman–Crippen LogP) is 4.52. The lowest BCUT2D eigenvalue weighted by Crippen LogP contribution is -2.39. The van der Waals surface area contributed by atoms with E-state index in [0.717, 1.165) is 16.7 Å². The number of hydrogen-bond donors (Lipinski definition) is 1. The zero-order valence-electron chi connectivity index (χ0n) is 14.5. The number of carbonyl (C=O) groups is 1. The Morgan fingerprint density at radius 3 is 2.52 bits per heavy atom. The highest BCUT2D eigenvalue weighted by molar-refractivity contribution is 7.09. The second-order valence-corrected chi connectivity index (χ2v) is 8.03. The van der Waals surface area contributed by atoms with Crippen LogP contribution in [-0.4, -0.2) is 34.9 Å². The fraction of sp³-hybridized carbons (Fsp3) is 0.500. The monoisotopic (exact) mass is 355 g/mol. The van der Waals surface area contributed by atoms with Crippen molar-refractivity contribution in [2.45, 2.75) is 50.5 Å². The van der Waals surface area contributed by atoms with E-state index < -0.39 is 0 Å². The Morgan fingerprint density at radius 2 is 1.80 bits per heavy atom. The second kappa shape index (κ2) is 7.67. The van der Waals surface area contributed by atoms with Crippen LogP contribution in [0.15, 0.2) is 35.7 Å². The standard InChI is InChI=1S/C20H25N3OS/c24-19(21-16-6-2-1-3-7-16)18-14-25-20(22-18)15-10-12-23(13-11-15)17-8-4-5-9-17/h1-3,6-7,14-15,17H,4-5,8-13H2,(H,21,24). The van der Waals surface area contributed by atoms with Crippen LogP contribution in [0.1, 0.15) is 59.9 Å². The van der Waals surface area contributed by atoms with E-state index in [9.17, 15) is 4.79 Å². The molecular formula is C20H25N3OS. The van der Waals surface area contributed by atoms with Crippen molar-refractivity contribution in [3.05, 3.63) is 46.4 Å². The van der Waals surface area contributed by atoms with Crippen molar-refractivity contribution < 1.29 is 4.79 Å². The minimum Gasteiger partial charge on any atom is -0.321 e. The first kappa shape index (κ1) is 16.7. The first-order valence-corrected chi connectivity index (χ1v) is 10.2. The Hall–Kier alpha value is -1.72. The van der Waals surface area contributed by atoms with Crippen LogP contribution in [0.25, 0.3) is 0 Å². The normalized spacial score (nSPS) is 20.0. The third-order valence-electron chi connectivity index (χ3n) is 5.51. The molecule has 0 bridgehead atoms. The molecule has 1 amide bonds. The van der Waals surface area contributed by atoms with Gasteiger partial charge in [0.15, 0.2) is 0 Å². The average molecular weight is 356 g/mol. The third kappa shape index (κ3) is 3.93. The summed E-state index contributed by atoms with van der Waals surface area (Å²) < 4.78 is 0. The Morgan fingerprint density at radius 1 is 1.08 bits per heavy atom. The van der Waals surface area contributed by atoms with Crippen molar-refractivity contribution in [1.29, 1.82) is 0 Å². The lowest BCUT2D eigenvalue weighted by Gasteiger charge is -2.35. The van der Waals surface area contributed by atoms with Gasteiger partial charge < -0.3 is 10.2 Å². The van der Waals surface area contributed by atoms with Gasteiger partial charge in [0.2, 0.25) is 0 Å². The molecule has 4 rings (SSSR count). The van der Waals surface area contributed by atoms with Crippen LogP contribution >= 0.6 is 11.3 Å². The molecule has 2 aliphatic rings. The third-order valence-corrected chi connectivity index (χ3v) is 6.51. The average Bonchev–Trinajstić information content (AvgIpc) is 3.35. The Kier molecular flexibility index (Phi) is 5.13. The van der Waals surface area contributed by atoms with E-state index in [1.807, 2.05) is 35.7 Å². The van der Waals surface area contributed by atoms with Gasteiger partial charge in [-0.25, -0.2) is 4.98 Å². The van der Waals surface area contributed by atoms with Gasteiger partial charge >= 0.3 is 0 Å². The predicted molar refractivity (Wildman–Crippen MR) is 102 cm³/mol. The van der Waals surface area contributed by atoms with Gasteiger partial charge in [0, 0.05) is 23.0 Å². The van der Waals surface area contributed by atoms with Crippen LogP contribution in [0.2, 0.25) is 0 Å². The number of aromatic nitrogens is 1. The largest absolute Gasteiger partial charge is 0.321 e. The van der Waals surface area contributed by atoms with Crippen molar-refractivity contribution >= 4 is 22.9 Å². The van der Waals surface area contributed by atoms with Crippen molar-refractivity contribution in [2.24, 2.45) is 0 Å². The number of nitrogens with zero attached hydrogens (tertiary/aromatic N) is 2. The summed E-state index contributed by atoms with van der Waals surface area (Å²) in [6.07, 6.45) is 7.90. The van der Waals surface area contributed by atoms with Gasteiger partial charge in [-0.05, 0) is 50.9 Å². The molecule has 2 fully saturated rings.